The highest BCUT2D eigenvalue weighted by Crippen LogP contribution is 2.24. The second-order valence-corrected chi connectivity index (χ2v) is 4.47. The smallest absolute Gasteiger partial charge is 0.189 e. The predicted octanol–water partition coefficient (Wildman–Crippen LogP) is 2.68. The number of ketones is 1. The minimum atomic E-state index is -0.329. The molecule has 0 atom stereocenters. The normalized spacial score (nSPS) is 10.9. The fourth-order valence-corrected chi connectivity index (χ4v) is 1.78. The molecule has 0 saturated heterocycles. The van der Waals surface area contributed by atoms with Crippen LogP contribution in [0.5, 0.6) is 11.5 Å². The molecule has 1 heterocycles. The highest BCUT2D eigenvalue weighted by Gasteiger charge is 2.10. The second kappa shape index (κ2) is 5.79. The third-order valence-electron chi connectivity index (χ3n) is 2.82. The number of hydrogen-bond donors (Lipinski definition) is 1. The van der Waals surface area contributed by atoms with Crippen LogP contribution < -0.4 is 4.74 Å². The number of allylic oxidation sites excluding steroid dienone is 1. The third kappa shape index (κ3) is 2.83. The number of benzene rings is 1. The lowest BCUT2D eigenvalue weighted by molar-refractivity contribution is 0.104. The Balaban J connectivity index is 2.22. The van der Waals surface area contributed by atoms with E-state index in [1.165, 1.54) is 37.6 Å². The minimum Gasteiger partial charge on any atom is -0.507 e. The fourth-order valence-electron chi connectivity index (χ4n) is 1.64. The maximum atomic E-state index is 12.0. The SMILES string of the molecule is COc1ccc(C(=O)/C=C/c2ncc(Cl)n2C)c(O)c1. The number of aromatic hydroxyl groups is 1. The molecule has 2 rings (SSSR count). The molecule has 20 heavy (non-hydrogen) atoms. The number of nitrogens with zero attached hydrogens (tertiary/aromatic N) is 2. The number of halogens is 1. The summed E-state index contributed by atoms with van der Waals surface area (Å²) in [6.07, 6.45) is 4.37. The number of methoxy groups -OCH3 is 1. The molecule has 1 aromatic heterocycles. The molecule has 0 fully saturated rings. The van der Waals surface area contributed by atoms with Gasteiger partial charge in [-0.3, -0.25) is 4.79 Å². The summed E-state index contributed by atoms with van der Waals surface area (Å²) in [5.74, 6) is 0.580. The Hall–Kier alpha value is -2.27. The van der Waals surface area contributed by atoms with Crippen molar-refractivity contribution in [3.8, 4) is 11.5 Å². The van der Waals surface area contributed by atoms with Gasteiger partial charge in [0.05, 0.1) is 18.9 Å². The van der Waals surface area contributed by atoms with Gasteiger partial charge in [-0.15, -0.1) is 0 Å². The molecule has 0 saturated carbocycles. The number of carbonyl (C=O) groups excluding carboxylic acids is 1. The number of phenols is 1. The average molecular weight is 293 g/mol. The van der Waals surface area contributed by atoms with Gasteiger partial charge >= 0.3 is 0 Å². The van der Waals surface area contributed by atoms with Crippen LogP contribution in [0.1, 0.15) is 16.2 Å². The molecule has 5 nitrogen and oxygen atoms in total. The van der Waals surface area contributed by atoms with E-state index in [0.717, 1.165) is 0 Å². The molecule has 0 spiro atoms. The zero-order chi connectivity index (χ0) is 14.7. The van der Waals surface area contributed by atoms with Crippen LogP contribution in [0.3, 0.4) is 0 Å². The lowest BCUT2D eigenvalue weighted by atomic mass is 10.1. The van der Waals surface area contributed by atoms with Gasteiger partial charge in [-0.05, 0) is 24.3 Å². The lowest BCUT2D eigenvalue weighted by Gasteiger charge is -2.03. The van der Waals surface area contributed by atoms with Crippen molar-refractivity contribution in [2.75, 3.05) is 7.11 Å². The molecule has 0 bridgehead atoms. The third-order valence-corrected chi connectivity index (χ3v) is 3.17. The van der Waals surface area contributed by atoms with Gasteiger partial charge in [0, 0.05) is 13.1 Å². The highest BCUT2D eigenvalue weighted by molar-refractivity contribution is 6.29. The Labute approximate surface area is 121 Å². The Kier molecular flexibility index (Phi) is 4.10. The van der Waals surface area contributed by atoms with Crippen molar-refractivity contribution in [1.82, 2.24) is 9.55 Å². The van der Waals surface area contributed by atoms with Gasteiger partial charge in [0.1, 0.15) is 22.5 Å². The van der Waals surface area contributed by atoms with Crippen molar-refractivity contribution in [3.63, 3.8) is 0 Å². The first-order valence-electron chi connectivity index (χ1n) is 5.79. The molecule has 0 aliphatic rings. The summed E-state index contributed by atoms with van der Waals surface area (Å²) >= 11 is 5.85. The van der Waals surface area contributed by atoms with E-state index in [1.807, 2.05) is 0 Å². The van der Waals surface area contributed by atoms with Crippen LogP contribution in [-0.4, -0.2) is 27.6 Å². The number of rotatable bonds is 4. The molecule has 6 heteroatoms. The van der Waals surface area contributed by atoms with E-state index in [2.05, 4.69) is 4.98 Å². The van der Waals surface area contributed by atoms with Gasteiger partial charge in [0.25, 0.3) is 0 Å². The second-order valence-electron chi connectivity index (χ2n) is 4.08. The molecular formula is C14H13ClN2O3. The van der Waals surface area contributed by atoms with Crippen molar-refractivity contribution in [2.24, 2.45) is 7.05 Å². The first-order chi connectivity index (χ1) is 9.52. The monoisotopic (exact) mass is 292 g/mol. The molecule has 104 valence electrons. The van der Waals surface area contributed by atoms with E-state index in [4.69, 9.17) is 16.3 Å². The van der Waals surface area contributed by atoms with Gasteiger partial charge in [0.2, 0.25) is 0 Å². The molecule has 0 amide bonds. The Morgan fingerprint density at radius 2 is 2.25 bits per heavy atom. The summed E-state index contributed by atoms with van der Waals surface area (Å²) < 4.78 is 6.60. The first-order valence-corrected chi connectivity index (χ1v) is 6.17. The van der Waals surface area contributed by atoms with Crippen molar-refractivity contribution < 1.29 is 14.6 Å². The standard InChI is InChI=1S/C14H13ClN2O3/c1-17-13(15)8-16-14(17)6-5-11(18)10-4-3-9(20-2)7-12(10)19/h3-8,19H,1-2H3/b6-5+. The Bertz CT molecular complexity index is 677. The van der Waals surface area contributed by atoms with E-state index in [0.29, 0.717) is 16.7 Å². The van der Waals surface area contributed by atoms with E-state index in [9.17, 15) is 9.90 Å². The van der Waals surface area contributed by atoms with Crippen molar-refractivity contribution in [2.45, 2.75) is 0 Å². The number of hydrogen-bond acceptors (Lipinski definition) is 4. The van der Waals surface area contributed by atoms with E-state index >= 15 is 0 Å². The van der Waals surface area contributed by atoms with Crippen molar-refractivity contribution in [1.29, 1.82) is 0 Å². The minimum absolute atomic E-state index is 0.128. The summed E-state index contributed by atoms with van der Waals surface area (Å²) in [6, 6.07) is 4.50. The van der Waals surface area contributed by atoms with Crippen molar-refractivity contribution >= 4 is 23.5 Å². The van der Waals surface area contributed by atoms with E-state index in [-0.39, 0.29) is 17.1 Å². The number of aromatic nitrogens is 2. The highest BCUT2D eigenvalue weighted by atomic mass is 35.5. The van der Waals surface area contributed by atoms with Crippen LogP contribution in [0.4, 0.5) is 0 Å². The van der Waals surface area contributed by atoms with Gasteiger partial charge in [0.15, 0.2) is 5.78 Å². The van der Waals surface area contributed by atoms with Crippen LogP contribution in [0.2, 0.25) is 5.15 Å². The van der Waals surface area contributed by atoms with Gasteiger partial charge in [-0.1, -0.05) is 11.6 Å². The maximum Gasteiger partial charge on any atom is 0.189 e. The molecule has 0 aliphatic carbocycles. The molecule has 1 N–H and O–H groups in total. The first kappa shape index (κ1) is 14.1. The van der Waals surface area contributed by atoms with E-state index in [1.54, 1.807) is 17.7 Å². The van der Waals surface area contributed by atoms with Gasteiger partial charge in [-0.2, -0.15) is 0 Å². The lowest BCUT2D eigenvalue weighted by Crippen LogP contribution is -1.97. The molecule has 0 aliphatic heterocycles. The topological polar surface area (TPSA) is 64.3 Å². The number of carbonyl (C=O) groups is 1. The zero-order valence-corrected chi connectivity index (χ0v) is 11.8. The largest absolute Gasteiger partial charge is 0.507 e. The average Bonchev–Trinajstić information content (AvgIpc) is 2.76. The van der Waals surface area contributed by atoms with Crippen LogP contribution in [-0.2, 0) is 7.05 Å². The molecule has 2 aromatic rings. The molecule has 1 aromatic carbocycles. The molecular weight excluding hydrogens is 280 g/mol. The predicted molar refractivity (Wildman–Crippen MR) is 76.2 cm³/mol. The fraction of sp³-hybridized carbons (Fsp3) is 0.143. The van der Waals surface area contributed by atoms with Crippen LogP contribution in [0, 0.1) is 0 Å². The van der Waals surface area contributed by atoms with Crippen molar-refractivity contribution in [3.05, 3.63) is 47.0 Å². The number of phenolic OH excluding ortho intramolecular Hbond substituents is 1. The number of imidazole rings is 1. The summed E-state index contributed by atoms with van der Waals surface area (Å²) in [6.45, 7) is 0. The number of ether oxygens (including phenoxy) is 1. The summed E-state index contributed by atoms with van der Waals surface area (Å²) in [5.41, 5.74) is 0.197. The Morgan fingerprint density at radius 1 is 1.50 bits per heavy atom. The van der Waals surface area contributed by atoms with Crippen LogP contribution >= 0.6 is 11.6 Å². The summed E-state index contributed by atoms with van der Waals surface area (Å²) in [4.78, 5) is 16.0. The van der Waals surface area contributed by atoms with Crippen LogP contribution in [0.25, 0.3) is 6.08 Å². The van der Waals surface area contributed by atoms with Gasteiger partial charge in [-0.25, -0.2) is 4.98 Å². The van der Waals surface area contributed by atoms with Crippen LogP contribution in [0.15, 0.2) is 30.5 Å². The zero-order valence-electron chi connectivity index (χ0n) is 11.0. The summed E-state index contributed by atoms with van der Waals surface area (Å²) in [5, 5.41) is 10.2. The van der Waals surface area contributed by atoms with E-state index < -0.39 is 0 Å². The Morgan fingerprint density at radius 3 is 2.80 bits per heavy atom. The molecule has 0 radical (unpaired) electrons. The summed E-state index contributed by atoms with van der Waals surface area (Å²) in [7, 11) is 3.23. The maximum absolute atomic E-state index is 12.0. The quantitative estimate of drug-likeness (QED) is 0.695. The molecule has 0 unspecified atom stereocenters. The van der Waals surface area contributed by atoms with Gasteiger partial charge < -0.3 is 14.4 Å².